The lowest BCUT2D eigenvalue weighted by Crippen LogP contribution is -2.49. The van der Waals surface area contributed by atoms with Gasteiger partial charge in [-0.15, -0.1) is 0 Å². The van der Waals surface area contributed by atoms with Crippen LogP contribution in [-0.4, -0.2) is 52.9 Å². The minimum absolute atomic E-state index is 0.0541. The number of aromatic nitrogens is 1. The van der Waals surface area contributed by atoms with Crippen LogP contribution in [0.25, 0.3) is 0 Å². The number of hydrogen-bond donors (Lipinski definition) is 2. The minimum Gasteiger partial charge on any atom is -0.465 e. The number of aryl methyl sites for hydroxylation is 2. The van der Waals surface area contributed by atoms with Gasteiger partial charge in [-0.3, -0.25) is 9.59 Å². The summed E-state index contributed by atoms with van der Waals surface area (Å²) in [5.41, 5.74) is 2.17. The van der Waals surface area contributed by atoms with Crippen molar-refractivity contribution in [2.45, 2.75) is 46.3 Å². The molecule has 2 aromatic rings. The van der Waals surface area contributed by atoms with Gasteiger partial charge in [0.05, 0.1) is 5.02 Å². The van der Waals surface area contributed by atoms with Crippen LogP contribution in [0.4, 0.5) is 10.5 Å². The number of halogens is 1. The molecule has 3 heterocycles. The molecular weight excluding hydrogens is 462 g/mol. The maximum atomic E-state index is 13.4. The Morgan fingerprint density at radius 1 is 1.18 bits per heavy atom. The molecule has 2 amide bonds. The Kier molecular flexibility index (Phi) is 6.01. The van der Waals surface area contributed by atoms with Crippen molar-refractivity contribution >= 4 is 29.3 Å². The summed E-state index contributed by atoms with van der Waals surface area (Å²) in [6.45, 7) is 7.91. The van der Waals surface area contributed by atoms with Crippen molar-refractivity contribution in [3.63, 3.8) is 0 Å². The molecule has 0 spiro atoms. The maximum absolute atomic E-state index is 13.4. The molecule has 4 rings (SSSR count). The van der Waals surface area contributed by atoms with E-state index in [1.54, 1.807) is 33.9 Å². The van der Waals surface area contributed by atoms with Crippen molar-refractivity contribution in [1.29, 1.82) is 0 Å². The highest BCUT2D eigenvalue weighted by molar-refractivity contribution is 6.33. The number of aromatic amines is 1. The Hall–Kier alpha value is -3.20. The number of carbonyl (C=O) groups is 2. The first-order valence-corrected chi connectivity index (χ1v) is 11.5. The number of fused-ring (bicyclic) bond motifs is 1. The predicted octanol–water partition coefficient (Wildman–Crippen LogP) is 4.11. The molecule has 10 heteroatoms. The van der Waals surface area contributed by atoms with Crippen LogP contribution in [0.3, 0.4) is 0 Å². The second kappa shape index (κ2) is 8.54. The Balaban J connectivity index is 1.63. The number of pyridine rings is 1. The van der Waals surface area contributed by atoms with E-state index in [0.717, 1.165) is 0 Å². The van der Waals surface area contributed by atoms with Crippen LogP contribution in [0.5, 0.6) is 11.5 Å². The number of likely N-dealkylation sites (tertiary alicyclic amines) is 1. The topological polar surface area (TPSA) is 112 Å². The average molecular weight is 490 g/mol. The highest BCUT2D eigenvalue weighted by Crippen LogP contribution is 2.51. The number of rotatable bonds is 3. The van der Waals surface area contributed by atoms with Gasteiger partial charge >= 0.3 is 6.09 Å². The van der Waals surface area contributed by atoms with Gasteiger partial charge in [-0.2, -0.15) is 0 Å². The number of ether oxygens (including phenoxy) is 2. The summed E-state index contributed by atoms with van der Waals surface area (Å²) in [6, 6.07) is 3.34. The van der Waals surface area contributed by atoms with Crippen LogP contribution in [0.15, 0.2) is 16.9 Å². The Morgan fingerprint density at radius 3 is 2.38 bits per heavy atom. The predicted molar refractivity (Wildman–Crippen MR) is 127 cm³/mol. The van der Waals surface area contributed by atoms with E-state index in [1.165, 1.54) is 15.9 Å². The number of hydrogen-bond acceptors (Lipinski definition) is 5. The quantitative estimate of drug-likeness (QED) is 0.671. The standard InChI is InChI=1S/C24H28ClN3O6/c1-12-10-13(2)26-21(29)18(12)27(5)22(30)16-11-17(25)20-19(14(16)3)33-24(4,34-20)15-6-8-28(9-7-15)23(31)32/h10-11,15H,6-9H2,1-5H3,(H,26,29)(H,31,32)/t24-/m1/s1. The van der Waals surface area contributed by atoms with E-state index in [4.69, 9.17) is 21.1 Å². The number of carboxylic acid groups (broad SMARTS) is 1. The molecule has 0 unspecified atom stereocenters. The van der Waals surface area contributed by atoms with Gasteiger partial charge in [0.15, 0.2) is 11.5 Å². The Bertz CT molecular complexity index is 1230. The maximum Gasteiger partial charge on any atom is 0.407 e. The third-order valence-corrected chi connectivity index (χ3v) is 7.04. The van der Waals surface area contributed by atoms with Crippen LogP contribution in [0.1, 0.15) is 46.9 Å². The summed E-state index contributed by atoms with van der Waals surface area (Å²) in [5.74, 6) is -0.722. The first-order valence-electron chi connectivity index (χ1n) is 11.1. The van der Waals surface area contributed by atoms with Crippen LogP contribution in [0, 0.1) is 26.7 Å². The zero-order chi connectivity index (χ0) is 24.9. The van der Waals surface area contributed by atoms with E-state index in [-0.39, 0.29) is 22.2 Å². The van der Waals surface area contributed by atoms with Gasteiger partial charge in [-0.25, -0.2) is 4.79 Å². The van der Waals surface area contributed by atoms with E-state index in [0.29, 0.717) is 59.8 Å². The summed E-state index contributed by atoms with van der Waals surface area (Å²) >= 11 is 6.53. The lowest BCUT2D eigenvalue weighted by Gasteiger charge is -2.37. The van der Waals surface area contributed by atoms with Crippen LogP contribution in [-0.2, 0) is 0 Å². The van der Waals surface area contributed by atoms with Crippen molar-refractivity contribution in [2.24, 2.45) is 5.92 Å². The number of H-pyrrole nitrogens is 1. The van der Waals surface area contributed by atoms with E-state index in [1.807, 2.05) is 6.92 Å². The van der Waals surface area contributed by atoms with E-state index in [9.17, 15) is 19.5 Å². The Labute approximate surface area is 202 Å². The van der Waals surface area contributed by atoms with Gasteiger partial charge in [-0.1, -0.05) is 11.6 Å². The number of amides is 2. The summed E-state index contributed by atoms with van der Waals surface area (Å²) in [5, 5.41) is 9.45. The minimum atomic E-state index is -1.03. The van der Waals surface area contributed by atoms with Crippen molar-refractivity contribution in [3.05, 3.63) is 49.9 Å². The van der Waals surface area contributed by atoms with Gasteiger partial charge in [-0.05, 0) is 51.3 Å². The van der Waals surface area contributed by atoms with Gasteiger partial charge in [0, 0.05) is 49.8 Å². The summed E-state index contributed by atoms with van der Waals surface area (Å²) in [7, 11) is 1.55. The average Bonchev–Trinajstić information content (AvgIpc) is 3.15. The molecule has 34 heavy (non-hydrogen) atoms. The Morgan fingerprint density at radius 2 is 1.79 bits per heavy atom. The molecule has 2 aliphatic rings. The van der Waals surface area contributed by atoms with E-state index >= 15 is 0 Å². The zero-order valence-electron chi connectivity index (χ0n) is 19.8. The van der Waals surface area contributed by atoms with Crippen molar-refractivity contribution in [1.82, 2.24) is 9.88 Å². The molecule has 2 N–H and O–H groups in total. The molecule has 0 saturated carbocycles. The van der Waals surface area contributed by atoms with Crippen LogP contribution >= 0.6 is 11.6 Å². The fourth-order valence-electron chi connectivity index (χ4n) is 4.88. The molecule has 1 fully saturated rings. The second-order valence-electron chi connectivity index (χ2n) is 9.13. The highest BCUT2D eigenvalue weighted by Gasteiger charge is 2.47. The number of benzene rings is 1. The van der Waals surface area contributed by atoms with Crippen LogP contribution in [0.2, 0.25) is 5.02 Å². The summed E-state index contributed by atoms with van der Waals surface area (Å²) in [4.78, 5) is 42.6. The SMILES string of the molecule is Cc1cc(C)c(N(C)C(=O)c2cc(Cl)c3c(c2C)O[C@@](C)(C2CCN(C(=O)O)CC2)O3)c(=O)[nH]1. The number of anilines is 1. The number of piperidine rings is 1. The number of nitrogens with zero attached hydrogens (tertiary/aromatic N) is 2. The molecule has 1 aromatic carbocycles. The molecule has 1 aromatic heterocycles. The second-order valence-corrected chi connectivity index (χ2v) is 9.54. The summed E-state index contributed by atoms with van der Waals surface area (Å²) < 4.78 is 12.4. The molecule has 0 bridgehead atoms. The third-order valence-electron chi connectivity index (χ3n) is 6.76. The van der Waals surface area contributed by atoms with Crippen molar-refractivity contribution in [3.8, 4) is 11.5 Å². The van der Waals surface area contributed by atoms with Crippen molar-refractivity contribution < 1.29 is 24.2 Å². The normalized spacial score (nSPS) is 19.9. The summed E-state index contributed by atoms with van der Waals surface area (Å²) in [6.07, 6.45) is 0.225. The number of carbonyl (C=O) groups excluding carboxylic acids is 1. The largest absolute Gasteiger partial charge is 0.465 e. The molecule has 0 radical (unpaired) electrons. The smallest absolute Gasteiger partial charge is 0.407 e. The van der Waals surface area contributed by atoms with Gasteiger partial charge in [0.1, 0.15) is 5.69 Å². The first kappa shape index (κ1) is 23.9. The first-order chi connectivity index (χ1) is 15.9. The lowest BCUT2D eigenvalue weighted by molar-refractivity contribution is -0.123. The third kappa shape index (κ3) is 3.98. The van der Waals surface area contributed by atoms with Crippen molar-refractivity contribution in [2.75, 3.05) is 25.0 Å². The fraction of sp³-hybridized carbons (Fsp3) is 0.458. The monoisotopic (exact) mass is 489 g/mol. The van der Waals surface area contributed by atoms with Crippen LogP contribution < -0.4 is 19.9 Å². The van der Waals surface area contributed by atoms with Gasteiger partial charge in [0.2, 0.25) is 0 Å². The molecule has 1 atom stereocenters. The van der Waals surface area contributed by atoms with Gasteiger partial charge in [0.25, 0.3) is 17.3 Å². The zero-order valence-corrected chi connectivity index (χ0v) is 20.6. The highest BCUT2D eigenvalue weighted by atomic mass is 35.5. The molecule has 0 aliphatic carbocycles. The lowest BCUT2D eigenvalue weighted by atomic mass is 9.89. The van der Waals surface area contributed by atoms with E-state index < -0.39 is 17.8 Å². The fourth-order valence-corrected chi connectivity index (χ4v) is 5.11. The molecular formula is C24H28ClN3O6. The van der Waals surface area contributed by atoms with E-state index in [2.05, 4.69) is 4.98 Å². The van der Waals surface area contributed by atoms with Gasteiger partial charge < -0.3 is 29.4 Å². The number of nitrogens with one attached hydrogen (secondary N) is 1. The molecule has 9 nitrogen and oxygen atoms in total. The molecule has 182 valence electrons. The molecule has 2 aliphatic heterocycles. The molecule has 1 saturated heterocycles.